The van der Waals surface area contributed by atoms with Gasteiger partial charge in [-0.05, 0) is 38.1 Å². The van der Waals surface area contributed by atoms with Gasteiger partial charge in [0.25, 0.3) is 0 Å². The largest absolute Gasteiger partial charge is 0.497 e. The van der Waals surface area contributed by atoms with E-state index in [0.29, 0.717) is 6.54 Å². The van der Waals surface area contributed by atoms with Crippen LogP contribution in [0.15, 0.2) is 47.3 Å². The van der Waals surface area contributed by atoms with Crippen molar-refractivity contribution in [3.05, 3.63) is 59.7 Å². The van der Waals surface area contributed by atoms with Gasteiger partial charge in [0.05, 0.1) is 24.7 Å². The average Bonchev–Trinajstić information content (AvgIpc) is 3.22. The fraction of sp³-hybridized carbons (Fsp3) is 0.294. The molecule has 0 aliphatic heterocycles. The predicted molar refractivity (Wildman–Crippen MR) is 86.6 cm³/mol. The van der Waals surface area contributed by atoms with Gasteiger partial charge in [0.1, 0.15) is 12.0 Å². The first-order valence-electron chi connectivity index (χ1n) is 7.50. The van der Waals surface area contributed by atoms with E-state index in [4.69, 9.17) is 9.26 Å². The third-order valence-corrected chi connectivity index (χ3v) is 3.91. The van der Waals surface area contributed by atoms with Crippen molar-refractivity contribution < 1.29 is 9.26 Å². The number of hydrogen-bond donors (Lipinski definition) is 1. The lowest BCUT2D eigenvalue weighted by molar-refractivity contribution is 0.406. The van der Waals surface area contributed by atoms with Crippen molar-refractivity contribution in [2.24, 2.45) is 0 Å². The van der Waals surface area contributed by atoms with Gasteiger partial charge < -0.3 is 14.6 Å². The van der Waals surface area contributed by atoms with E-state index in [9.17, 15) is 0 Å². The molecule has 3 aromatic rings. The molecular weight excluding hydrogens is 292 g/mol. The molecule has 0 amide bonds. The number of rotatable bonds is 6. The molecule has 6 heteroatoms. The fourth-order valence-electron chi connectivity index (χ4n) is 2.53. The fourth-order valence-corrected chi connectivity index (χ4v) is 2.53. The topological polar surface area (TPSA) is 65.1 Å². The van der Waals surface area contributed by atoms with Crippen molar-refractivity contribution >= 4 is 0 Å². The molecule has 0 bridgehead atoms. The number of nitrogens with one attached hydrogen (secondary N) is 1. The summed E-state index contributed by atoms with van der Waals surface area (Å²) in [6.45, 7) is 4.84. The second-order valence-corrected chi connectivity index (χ2v) is 5.39. The van der Waals surface area contributed by atoms with E-state index < -0.39 is 0 Å². The first kappa shape index (κ1) is 15.3. The van der Waals surface area contributed by atoms with Crippen LogP contribution in [0.2, 0.25) is 0 Å². The van der Waals surface area contributed by atoms with E-state index in [-0.39, 0.29) is 6.04 Å². The van der Waals surface area contributed by atoms with Gasteiger partial charge in [-0.25, -0.2) is 4.68 Å². The van der Waals surface area contributed by atoms with Crippen molar-refractivity contribution in [1.29, 1.82) is 0 Å². The minimum atomic E-state index is 0.165. The maximum Gasteiger partial charge on any atom is 0.124 e. The van der Waals surface area contributed by atoms with Gasteiger partial charge in [-0.15, -0.1) is 0 Å². The van der Waals surface area contributed by atoms with Crippen molar-refractivity contribution in [3.63, 3.8) is 0 Å². The molecule has 0 unspecified atom stereocenters. The number of methoxy groups -OCH3 is 1. The summed E-state index contributed by atoms with van der Waals surface area (Å²) < 4.78 is 12.0. The Kier molecular flexibility index (Phi) is 4.43. The Hall–Kier alpha value is -2.60. The molecule has 3 rings (SSSR count). The van der Waals surface area contributed by atoms with Gasteiger partial charge in [0.2, 0.25) is 0 Å². The summed E-state index contributed by atoms with van der Waals surface area (Å²) in [5.74, 6) is 0.835. The molecule has 120 valence electrons. The summed E-state index contributed by atoms with van der Waals surface area (Å²) in [7, 11) is 1.66. The van der Waals surface area contributed by atoms with Gasteiger partial charge in [0.15, 0.2) is 0 Å². The van der Waals surface area contributed by atoms with Crippen LogP contribution in [0.25, 0.3) is 5.69 Å². The lowest BCUT2D eigenvalue weighted by atomic mass is 10.1. The van der Waals surface area contributed by atoms with Gasteiger partial charge in [-0.3, -0.25) is 0 Å². The normalized spacial score (nSPS) is 12.3. The van der Waals surface area contributed by atoms with Crippen LogP contribution >= 0.6 is 0 Å². The van der Waals surface area contributed by atoms with Crippen molar-refractivity contribution in [1.82, 2.24) is 20.3 Å². The first-order valence-corrected chi connectivity index (χ1v) is 7.50. The SMILES string of the molecule is COc1ccc(-n2ncc([C@@H](C)NCc3ccon3)c2C)cc1. The molecular formula is C17H20N4O2. The molecule has 1 aromatic carbocycles. The van der Waals surface area contributed by atoms with E-state index in [1.54, 1.807) is 13.4 Å². The molecule has 0 fully saturated rings. The van der Waals surface area contributed by atoms with Crippen molar-refractivity contribution in [2.75, 3.05) is 7.11 Å². The van der Waals surface area contributed by atoms with Gasteiger partial charge in [0, 0.05) is 29.9 Å². The zero-order valence-electron chi connectivity index (χ0n) is 13.5. The number of nitrogens with zero attached hydrogens (tertiary/aromatic N) is 3. The van der Waals surface area contributed by atoms with Crippen LogP contribution in [0.1, 0.15) is 29.9 Å². The molecule has 0 radical (unpaired) electrons. The second kappa shape index (κ2) is 6.66. The van der Waals surface area contributed by atoms with Crippen LogP contribution in [-0.4, -0.2) is 22.0 Å². The third kappa shape index (κ3) is 3.27. The monoisotopic (exact) mass is 312 g/mol. The maximum absolute atomic E-state index is 5.19. The van der Waals surface area contributed by atoms with E-state index in [1.807, 2.05) is 41.2 Å². The lowest BCUT2D eigenvalue weighted by Crippen LogP contribution is -2.18. The molecule has 0 saturated carbocycles. The average molecular weight is 312 g/mol. The summed E-state index contributed by atoms with van der Waals surface area (Å²) in [4.78, 5) is 0. The lowest BCUT2D eigenvalue weighted by Gasteiger charge is -2.13. The van der Waals surface area contributed by atoms with Crippen LogP contribution in [0, 0.1) is 6.92 Å². The Morgan fingerprint density at radius 3 is 2.70 bits per heavy atom. The van der Waals surface area contributed by atoms with Crippen LogP contribution in [0.3, 0.4) is 0 Å². The molecule has 0 aliphatic rings. The number of ether oxygens (including phenoxy) is 1. The summed E-state index contributed by atoms with van der Waals surface area (Å²) in [6, 6.07) is 9.88. The first-order chi connectivity index (χ1) is 11.2. The van der Waals surface area contributed by atoms with E-state index >= 15 is 0 Å². The highest BCUT2D eigenvalue weighted by atomic mass is 16.5. The van der Waals surface area contributed by atoms with Crippen LogP contribution in [0.5, 0.6) is 5.75 Å². The summed E-state index contributed by atoms with van der Waals surface area (Å²) in [5.41, 5.74) is 4.16. The Morgan fingerprint density at radius 1 is 1.26 bits per heavy atom. The smallest absolute Gasteiger partial charge is 0.124 e. The van der Waals surface area contributed by atoms with Crippen LogP contribution in [0.4, 0.5) is 0 Å². The Balaban J connectivity index is 1.75. The molecule has 6 nitrogen and oxygen atoms in total. The molecule has 2 heterocycles. The van der Waals surface area contributed by atoms with E-state index in [1.165, 1.54) is 0 Å². The minimum Gasteiger partial charge on any atom is -0.497 e. The highest BCUT2D eigenvalue weighted by molar-refractivity contribution is 5.39. The summed E-state index contributed by atoms with van der Waals surface area (Å²) in [6.07, 6.45) is 3.48. The highest BCUT2D eigenvalue weighted by Crippen LogP contribution is 2.21. The molecule has 1 N–H and O–H groups in total. The van der Waals surface area contributed by atoms with E-state index in [0.717, 1.165) is 28.4 Å². The molecule has 2 aromatic heterocycles. The third-order valence-electron chi connectivity index (χ3n) is 3.91. The van der Waals surface area contributed by atoms with Gasteiger partial charge in [-0.1, -0.05) is 5.16 Å². The molecule has 0 saturated heterocycles. The van der Waals surface area contributed by atoms with Crippen molar-refractivity contribution in [3.8, 4) is 11.4 Å². The Bertz CT molecular complexity index is 748. The molecule has 1 atom stereocenters. The molecule has 0 spiro atoms. The molecule has 0 aliphatic carbocycles. The number of benzene rings is 1. The Morgan fingerprint density at radius 2 is 2.04 bits per heavy atom. The summed E-state index contributed by atoms with van der Waals surface area (Å²) in [5, 5.41) is 11.8. The Labute approximate surface area is 135 Å². The second-order valence-electron chi connectivity index (χ2n) is 5.39. The predicted octanol–water partition coefficient (Wildman–Crippen LogP) is 3.03. The summed E-state index contributed by atoms with van der Waals surface area (Å²) >= 11 is 0. The quantitative estimate of drug-likeness (QED) is 0.758. The van der Waals surface area contributed by atoms with Gasteiger partial charge >= 0.3 is 0 Å². The van der Waals surface area contributed by atoms with Crippen LogP contribution in [-0.2, 0) is 6.54 Å². The molecule has 23 heavy (non-hydrogen) atoms. The minimum absolute atomic E-state index is 0.165. The van der Waals surface area contributed by atoms with Crippen molar-refractivity contribution in [2.45, 2.75) is 26.4 Å². The highest BCUT2D eigenvalue weighted by Gasteiger charge is 2.14. The zero-order valence-corrected chi connectivity index (χ0v) is 13.5. The zero-order chi connectivity index (χ0) is 16.2. The maximum atomic E-state index is 5.19. The van der Waals surface area contributed by atoms with Crippen LogP contribution < -0.4 is 10.1 Å². The van der Waals surface area contributed by atoms with E-state index in [2.05, 4.69) is 29.4 Å². The number of aromatic nitrogens is 3. The van der Waals surface area contributed by atoms with Gasteiger partial charge in [-0.2, -0.15) is 5.10 Å². The number of hydrogen-bond acceptors (Lipinski definition) is 5. The standard InChI is InChI=1S/C17H20N4O2/c1-12(18-10-14-8-9-23-20-14)17-11-19-21(13(17)2)15-4-6-16(22-3)7-5-15/h4-9,11-12,18H,10H2,1-3H3/t12-/m1/s1.